The number of rotatable bonds is 3. The SMILES string of the molecule is CC(C)(C)SCc1nc2c(Br)cc(Br)cc2c(=O)n1-c1ccccc1Cl. The molecule has 0 saturated carbocycles. The molecule has 7 heteroatoms. The number of hydrogen-bond donors (Lipinski definition) is 0. The van der Waals surface area contributed by atoms with Crippen molar-refractivity contribution in [3.8, 4) is 5.69 Å². The molecule has 0 spiro atoms. The summed E-state index contributed by atoms with van der Waals surface area (Å²) in [6.07, 6.45) is 0. The molecule has 0 aliphatic rings. The van der Waals surface area contributed by atoms with Crippen molar-refractivity contribution in [3.63, 3.8) is 0 Å². The fraction of sp³-hybridized carbons (Fsp3) is 0.263. The van der Waals surface area contributed by atoms with Gasteiger partial charge < -0.3 is 0 Å². The van der Waals surface area contributed by atoms with E-state index in [-0.39, 0.29) is 10.3 Å². The molecule has 3 rings (SSSR count). The molecule has 0 saturated heterocycles. The number of aromatic nitrogens is 2. The summed E-state index contributed by atoms with van der Waals surface area (Å²) in [6, 6.07) is 11.0. The van der Waals surface area contributed by atoms with E-state index in [9.17, 15) is 4.79 Å². The van der Waals surface area contributed by atoms with Gasteiger partial charge >= 0.3 is 0 Å². The van der Waals surface area contributed by atoms with Crippen LogP contribution in [-0.4, -0.2) is 14.3 Å². The van der Waals surface area contributed by atoms with Crippen molar-refractivity contribution in [2.75, 3.05) is 0 Å². The van der Waals surface area contributed by atoms with E-state index in [1.54, 1.807) is 28.5 Å². The maximum Gasteiger partial charge on any atom is 0.266 e. The van der Waals surface area contributed by atoms with Gasteiger partial charge in [0.1, 0.15) is 5.82 Å². The lowest BCUT2D eigenvalue weighted by molar-refractivity contribution is 0.795. The second kappa shape index (κ2) is 7.66. The van der Waals surface area contributed by atoms with Crippen molar-refractivity contribution in [2.45, 2.75) is 31.3 Å². The lowest BCUT2D eigenvalue weighted by Crippen LogP contribution is -2.24. The zero-order valence-corrected chi connectivity index (χ0v) is 19.3. The number of fused-ring (bicyclic) bond motifs is 1. The highest BCUT2D eigenvalue weighted by Gasteiger charge is 2.19. The topological polar surface area (TPSA) is 34.9 Å². The van der Waals surface area contributed by atoms with Crippen LogP contribution in [0.5, 0.6) is 0 Å². The summed E-state index contributed by atoms with van der Waals surface area (Å²) in [5, 5.41) is 1.06. The molecule has 136 valence electrons. The van der Waals surface area contributed by atoms with E-state index >= 15 is 0 Å². The van der Waals surface area contributed by atoms with Crippen LogP contribution in [0.2, 0.25) is 5.02 Å². The summed E-state index contributed by atoms with van der Waals surface area (Å²) in [5.41, 5.74) is 1.18. The third-order valence-corrected chi connectivity index (χ3v) is 6.34. The minimum atomic E-state index is -0.130. The van der Waals surface area contributed by atoms with Crippen LogP contribution in [-0.2, 0) is 5.75 Å². The number of thioether (sulfide) groups is 1. The normalized spacial score (nSPS) is 11.9. The van der Waals surface area contributed by atoms with Crippen molar-refractivity contribution in [1.82, 2.24) is 9.55 Å². The molecule has 1 heterocycles. The van der Waals surface area contributed by atoms with E-state index in [1.165, 1.54) is 0 Å². The van der Waals surface area contributed by atoms with E-state index in [2.05, 4.69) is 52.6 Å². The van der Waals surface area contributed by atoms with E-state index in [0.717, 1.165) is 8.95 Å². The van der Waals surface area contributed by atoms with Gasteiger partial charge in [-0.3, -0.25) is 9.36 Å². The average Bonchev–Trinajstić information content (AvgIpc) is 2.54. The Morgan fingerprint density at radius 3 is 2.54 bits per heavy atom. The highest BCUT2D eigenvalue weighted by atomic mass is 79.9. The Balaban J connectivity index is 2.34. The molecule has 0 aliphatic heterocycles. The molecule has 0 N–H and O–H groups in total. The van der Waals surface area contributed by atoms with Gasteiger partial charge in [0.05, 0.1) is 27.4 Å². The number of para-hydroxylation sites is 1. The quantitative estimate of drug-likeness (QED) is 0.394. The molecule has 0 atom stereocenters. The zero-order valence-electron chi connectivity index (χ0n) is 14.5. The van der Waals surface area contributed by atoms with Crippen molar-refractivity contribution in [2.24, 2.45) is 0 Å². The Hall–Kier alpha value is -0.820. The number of benzene rings is 2. The maximum atomic E-state index is 13.3. The summed E-state index contributed by atoms with van der Waals surface area (Å²) in [5.74, 6) is 1.28. The molecule has 0 aliphatic carbocycles. The standard InChI is InChI=1S/C19H17Br2ClN2OS/c1-19(2,3)26-10-16-23-17-12(8-11(20)9-13(17)21)18(25)24(16)15-7-5-4-6-14(15)22/h4-9H,10H2,1-3H3. The van der Waals surface area contributed by atoms with Crippen LogP contribution < -0.4 is 5.56 Å². The van der Waals surface area contributed by atoms with Crippen molar-refractivity contribution in [1.29, 1.82) is 0 Å². The number of hydrogen-bond acceptors (Lipinski definition) is 3. The Morgan fingerprint density at radius 2 is 1.88 bits per heavy atom. The van der Waals surface area contributed by atoms with Crippen molar-refractivity contribution in [3.05, 3.63) is 66.5 Å². The Morgan fingerprint density at radius 1 is 1.19 bits per heavy atom. The molecule has 0 bridgehead atoms. The molecular weight excluding hydrogens is 500 g/mol. The van der Waals surface area contributed by atoms with Crippen LogP contribution in [0.15, 0.2) is 50.1 Å². The van der Waals surface area contributed by atoms with Crippen LogP contribution in [0.3, 0.4) is 0 Å². The smallest absolute Gasteiger partial charge is 0.266 e. The molecule has 1 aromatic heterocycles. The predicted molar refractivity (Wildman–Crippen MR) is 119 cm³/mol. The molecule has 2 aromatic carbocycles. The first kappa shape index (κ1) is 19.9. The summed E-state index contributed by atoms with van der Waals surface area (Å²) < 4.78 is 3.28. The second-order valence-electron chi connectivity index (χ2n) is 6.80. The van der Waals surface area contributed by atoms with E-state index in [4.69, 9.17) is 16.6 Å². The van der Waals surface area contributed by atoms with Gasteiger partial charge in [-0.15, -0.1) is 11.8 Å². The van der Waals surface area contributed by atoms with Gasteiger partial charge in [-0.05, 0) is 40.2 Å². The fourth-order valence-corrected chi connectivity index (χ4v) is 4.81. The van der Waals surface area contributed by atoms with Gasteiger partial charge in [0.25, 0.3) is 5.56 Å². The fourth-order valence-electron chi connectivity index (χ4n) is 2.52. The third kappa shape index (κ3) is 4.19. The van der Waals surface area contributed by atoms with Crippen LogP contribution in [0.4, 0.5) is 0 Å². The summed E-state index contributed by atoms with van der Waals surface area (Å²) >= 11 is 15.1. The van der Waals surface area contributed by atoms with E-state index in [0.29, 0.717) is 33.2 Å². The highest BCUT2D eigenvalue weighted by Crippen LogP contribution is 2.31. The van der Waals surface area contributed by atoms with Crippen LogP contribution >= 0.6 is 55.2 Å². The minimum absolute atomic E-state index is 0.0505. The highest BCUT2D eigenvalue weighted by molar-refractivity contribution is 9.11. The summed E-state index contributed by atoms with van der Waals surface area (Å²) in [4.78, 5) is 18.2. The molecule has 0 amide bonds. The summed E-state index contributed by atoms with van der Waals surface area (Å²) in [7, 11) is 0. The Kier molecular flexibility index (Phi) is 5.87. The molecule has 26 heavy (non-hydrogen) atoms. The van der Waals surface area contributed by atoms with Crippen molar-refractivity contribution < 1.29 is 0 Å². The molecular formula is C19H17Br2ClN2OS. The molecule has 0 fully saturated rings. The largest absolute Gasteiger partial charge is 0.268 e. The second-order valence-corrected chi connectivity index (χ2v) is 10.8. The van der Waals surface area contributed by atoms with Crippen LogP contribution in [0, 0.1) is 0 Å². The first-order valence-corrected chi connectivity index (χ1v) is 10.9. The van der Waals surface area contributed by atoms with Gasteiger partial charge in [0.15, 0.2) is 0 Å². The zero-order chi connectivity index (χ0) is 19.1. The molecule has 0 unspecified atom stereocenters. The van der Waals surface area contributed by atoms with Crippen molar-refractivity contribution >= 4 is 66.1 Å². The maximum absolute atomic E-state index is 13.3. The minimum Gasteiger partial charge on any atom is -0.268 e. The average molecular weight is 517 g/mol. The molecule has 0 radical (unpaired) electrons. The number of halogens is 3. The van der Waals surface area contributed by atoms with Gasteiger partial charge in [-0.1, -0.05) is 60.4 Å². The first-order chi connectivity index (χ1) is 12.2. The molecule has 3 nitrogen and oxygen atoms in total. The third-order valence-electron chi connectivity index (χ3n) is 3.69. The predicted octanol–water partition coefficient (Wildman–Crippen LogP) is 6.60. The monoisotopic (exact) mass is 514 g/mol. The van der Waals surface area contributed by atoms with Crippen LogP contribution in [0.1, 0.15) is 26.6 Å². The van der Waals surface area contributed by atoms with Crippen LogP contribution in [0.25, 0.3) is 16.6 Å². The summed E-state index contributed by atoms with van der Waals surface area (Å²) in [6.45, 7) is 6.43. The first-order valence-electron chi connectivity index (χ1n) is 7.97. The van der Waals surface area contributed by atoms with Gasteiger partial charge in [0, 0.05) is 13.7 Å². The van der Waals surface area contributed by atoms with E-state index in [1.807, 2.05) is 24.3 Å². The lowest BCUT2D eigenvalue weighted by Gasteiger charge is -2.20. The van der Waals surface area contributed by atoms with E-state index < -0.39 is 0 Å². The number of nitrogens with zero attached hydrogens (tertiary/aromatic N) is 2. The Bertz CT molecular complexity index is 1040. The van der Waals surface area contributed by atoms with Gasteiger partial charge in [0.2, 0.25) is 0 Å². The lowest BCUT2D eigenvalue weighted by atomic mass is 10.2. The van der Waals surface area contributed by atoms with Gasteiger partial charge in [-0.2, -0.15) is 0 Å². The Labute approximate surface area is 178 Å². The van der Waals surface area contributed by atoms with Gasteiger partial charge in [-0.25, -0.2) is 4.98 Å². The molecule has 3 aromatic rings.